The molecular weight excluding hydrogens is 604 g/mol. The van der Waals surface area contributed by atoms with E-state index in [1.807, 2.05) is 51.9 Å². The van der Waals surface area contributed by atoms with Crippen molar-refractivity contribution in [2.45, 2.75) is 71.5 Å². The summed E-state index contributed by atoms with van der Waals surface area (Å²) in [6.45, 7) is 6.15. The molecule has 0 spiro atoms. The van der Waals surface area contributed by atoms with Crippen molar-refractivity contribution >= 4 is 17.8 Å². The highest BCUT2D eigenvalue weighted by molar-refractivity contribution is 6.03. The Hall–Kier alpha value is -4.76. The van der Waals surface area contributed by atoms with Crippen molar-refractivity contribution in [3.05, 3.63) is 113 Å². The zero-order chi connectivity index (χ0) is 34.0. The number of aliphatic hydroxyl groups excluding tert-OH is 1. The van der Waals surface area contributed by atoms with Gasteiger partial charge < -0.3 is 24.2 Å². The number of aliphatic hydroxyl groups is 1. The summed E-state index contributed by atoms with van der Waals surface area (Å²) in [4.78, 5) is 49.7. The quantitative estimate of drug-likeness (QED) is 0.164. The van der Waals surface area contributed by atoms with Gasteiger partial charge in [0.15, 0.2) is 0 Å². The number of aryl methyl sites for hydroxylation is 2. The second kappa shape index (κ2) is 16.4. The van der Waals surface area contributed by atoms with E-state index in [0.29, 0.717) is 56.1 Å². The lowest BCUT2D eigenvalue weighted by atomic mass is 9.92. The molecule has 4 aromatic rings. The van der Waals surface area contributed by atoms with Crippen molar-refractivity contribution in [2.75, 3.05) is 26.8 Å². The molecule has 1 N–H and O–H groups in total. The number of imidazole rings is 1. The van der Waals surface area contributed by atoms with Gasteiger partial charge in [0.2, 0.25) is 0 Å². The zero-order valence-electron chi connectivity index (χ0n) is 28.2. The van der Waals surface area contributed by atoms with Crippen LogP contribution in [0.1, 0.15) is 87.4 Å². The van der Waals surface area contributed by atoms with Crippen LogP contribution < -0.4 is 0 Å². The summed E-state index contributed by atoms with van der Waals surface area (Å²) in [7, 11) is 1.30. The van der Waals surface area contributed by atoms with Crippen molar-refractivity contribution < 1.29 is 24.2 Å². The monoisotopic (exact) mass is 650 g/mol. The highest BCUT2D eigenvalue weighted by Crippen LogP contribution is 2.31. The first kappa shape index (κ1) is 34.6. The minimum atomic E-state index is -0.566. The van der Waals surface area contributed by atoms with Crippen LogP contribution in [0.4, 0.5) is 0 Å². The van der Waals surface area contributed by atoms with Gasteiger partial charge in [-0.15, -0.1) is 0 Å². The fourth-order valence-electron chi connectivity index (χ4n) is 6.28. The number of methoxy groups -OCH3 is 1. The number of aromatic nitrogens is 2. The Morgan fingerprint density at radius 2 is 1.62 bits per heavy atom. The molecule has 0 aliphatic carbocycles. The first-order valence-corrected chi connectivity index (χ1v) is 17.0. The molecule has 1 aromatic heterocycles. The summed E-state index contributed by atoms with van der Waals surface area (Å²) in [6.07, 6.45) is 6.74. The minimum Gasteiger partial charge on any atom is -0.465 e. The molecule has 1 aliphatic heterocycles. The molecule has 9 nitrogen and oxygen atoms in total. The van der Waals surface area contributed by atoms with Crippen LogP contribution in [-0.2, 0) is 30.7 Å². The Kier molecular flexibility index (Phi) is 11.8. The van der Waals surface area contributed by atoms with E-state index in [1.165, 1.54) is 7.11 Å². The van der Waals surface area contributed by atoms with Gasteiger partial charge in [-0.05, 0) is 60.6 Å². The van der Waals surface area contributed by atoms with Crippen LogP contribution in [0.5, 0.6) is 0 Å². The topological polar surface area (TPSA) is 105 Å². The van der Waals surface area contributed by atoms with Crippen molar-refractivity contribution in [1.82, 2.24) is 19.4 Å². The number of ether oxygens (including phenoxy) is 1. The van der Waals surface area contributed by atoms with E-state index in [-0.39, 0.29) is 29.5 Å². The SMILES string of the molecule is CCCCN(CCCC)C(=O)c1cn(CCc2ccccc2)c(-c2ccc(C(=O)OC)cc2C(=O)N2Cc3ccccc3C[C@H]2CO)n1. The fraction of sp³-hybridized carbons (Fsp3) is 0.385. The lowest BCUT2D eigenvalue weighted by Gasteiger charge is -2.36. The summed E-state index contributed by atoms with van der Waals surface area (Å²) in [5.41, 5.74) is 4.55. The van der Waals surface area contributed by atoms with E-state index in [0.717, 1.165) is 42.4 Å². The Morgan fingerprint density at radius 3 is 2.29 bits per heavy atom. The molecule has 0 saturated heterocycles. The van der Waals surface area contributed by atoms with E-state index in [9.17, 15) is 19.5 Å². The molecule has 3 aromatic carbocycles. The number of hydrogen-bond donors (Lipinski definition) is 1. The second-order valence-electron chi connectivity index (χ2n) is 12.4. The predicted molar refractivity (Wildman–Crippen MR) is 186 cm³/mol. The number of nitrogens with zero attached hydrogens (tertiary/aromatic N) is 4. The maximum absolute atomic E-state index is 14.6. The van der Waals surface area contributed by atoms with Crippen LogP contribution in [0.3, 0.4) is 0 Å². The third kappa shape index (κ3) is 7.85. The molecule has 1 aliphatic rings. The van der Waals surface area contributed by atoms with Gasteiger partial charge in [0.05, 0.1) is 30.9 Å². The zero-order valence-corrected chi connectivity index (χ0v) is 28.2. The van der Waals surface area contributed by atoms with Crippen LogP contribution in [0.15, 0.2) is 79.0 Å². The molecule has 1 atom stereocenters. The second-order valence-corrected chi connectivity index (χ2v) is 12.4. The number of esters is 1. The normalized spacial score (nSPS) is 14.0. The molecule has 0 unspecified atom stereocenters. The van der Waals surface area contributed by atoms with E-state index >= 15 is 0 Å². The van der Waals surface area contributed by atoms with Crippen LogP contribution in [-0.4, -0.2) is 75.1 Å². The third-order valence-corrected chi connectivity index (χ3v) is 9.07. The van der Waals surface area contributed by atoms with Gasteiger partial charge >= 0.3 is 5.97 Å². The Labute approximate surface area is 283 Å². The van der Waals surface area contributed by atoms with E-state index in [4.69, 9.17) is 9.72 Å². The summed E-state index contributed by atoms with van der Waals surface area (Å²) >= 11 is 0. The van der Waals surface area contributed by atoms with Crippen molar-refractivity contribution in [2.24, 2.45) is 0 Å². The van der Waals surface area contributed by atoms with E-state index in [2.05, 4.69) is 26.0 Å². The fourth-order valence-corrected chi connectivity index (χ4v) is 6.28. The molecule has 9 heteroatoms. The molecule has 5 rings (SSSR count). The largest absolute Gasteiger partial charge is 0.465 e. The average molecular weight is 651 g/mol. The molecule has 2 amide bonds. The highest BCUT2D eigenvalue weighted by Gasteiger charge is 2.33. The molecule has 2 heterocycles. The summed E-state index contributed by atoms with van der Waals surface area (Å²) in [5.74, 6) is -0.562. The lowest BCUT2D eigenvalue weighted by molar-refractivity contribution is 0.0544. The Morgan fingerprint density at radius 1 is 0.938 bits per heavy atom. The third-order valence-electron chi connectivity index (χ3n) is 9.07. The van der Waals surface area contributed by atoms with Crippen LogP contribution in [0.2, 0.25) is 0 Å². The number of fused-ring (bicyclic) bond motifs is 1. The van der Waals surface area contributed by atoms with Crippen LogP contribution >= 0.6 is 0 Å². The Balaban J connectivity index is 1.61. The molecule has 48 heavy (non-hydrogen) atoms. The van der Waals surface area contributed by atoms with Crippen LogP contribution in [0, 0.1) is 0 Å². The van der Waals surface area contributed by atoms with Gasteiger partial charge in [0.25, 0.3) is 11.8 Å². The Bertz CT molecular complexity index is 1710. The maximum Gasteiger partial charge on any atom is 0.337 e. The first-order chi connectivity index (χ1) is 23.4. The number of benzene rings is 3. The highest BCUT2D eigenvalue weighted by atomic mass is 16.5. The smallest absolute Gasteiger partial charge is 0.337 e. The van der Waals surface area contributed by atoms with Crippen LogP contribution in [0.25, 0.3) is 11.4 Å². The van der Waals surface area contributed by atoms with Gasteiger partial charge in [-0.25, -0.2) is 9.78 Å². The van der Waals surface area contributed by atoms with Gasteiger partial charge in [-0.1, -0.05) is 81.3 Å². The van der Waals surface area contributed by atoms with Gasteiger partial charge in [-0.3, -0.25) is 9.59 Å². The predicted octanol–water partition coefficient (Wildman–Crippen LogP) is 6.18. The molecule has 252 valence electrons. The van der Waals surface area contributed by atoms with Gasteiger partial charge in [0, 0.05) is 37.9 Å². The van der Waals surface area contributed by atoms with Crippen molar-refractivity contribution in [3.8, 4) is 11.4 Å². The minimum absolute atomic E-state index is 0.136. The van der Waals surface area contributed by atoms with Gasteiger partial charge in [-0.2, -0.15) is 0 Å². The summed E-state index contributed by atoms with van der Waals surface area (Å²) in [5, 5.41) is 10.4. The average Bonchev–Trinajstić information content (AvgIpc) is 3.56. The first-order valence-electron chi connectivity index (χ1n) is 17.0. The molecular formula is C39H46N4O5. The summed E-state index contributed by atoms with van der Waals surface area (Å²) in [6, 6.07) is 22.4. The lowest BCUT2D eigenvalue weighted by Crippen LogP contribution is -2.46. The number of carbonyl (C=O) groups excluding carboxylic acids is 3. The van der Waals surface area contributed by atoms with Gasteiger partial charge in [0.1, 0.15) is 11.5 Å². The number of rotatable bonds is 14. The molecule has 0 saturated carbocycles. The van der Waals surface area contributed by atoms with Crippen molar-refractivity contribution in [1.29, 1.82) is 0 Å². The number of unbranched alkanes of at least 4 members (excludes halogenated alkanes) is 2. The van der Waals surface area contributed by atoms with E-state index in [1.54, 1.807) is 29.3 Å². The standard InChI is InChI=1S/C39H46N4O5/c1-4-6-20-41(21-7-5-2)38(46)35-26-42(22-19-28-13-9-8-10-14-28)36(40-35)33-18-17-30(39(47)48-3)24-34(33)37(45)43-25-31-16-12-11-15-29(31)23-32(43)27-44/h8-18,24,26,32,44H,4-7,19-23,25,27H2,1-3H3/t32-/m0/s1. The number of carbonyl (C=O) groups is 3. The number of amides is 2. The maximum atomic E-state index is 14.6. The molecule has 0 radical (unpaired) electrons. The van der Waals surface area contributed by atoms with E-state index < -0.39 is 12.0 Å². The number of hydrogen-bond acceptors (Lipinski definition) is 6. The molecule has 0 fully saturated rings. The molecule has 0 bridgehead atoms. The van der Waals surface area contributed by atoms with Crippen molar-refractivity contribution in [3.63, 3.8) is 0 Å². The summed E-state index contributed by atoms with van der Waals surface area (Å²) < 4.78 is 6.96.